The van der Waals surface area contributed by atoms with Gasteiger partial charge in [-0.1, -0.05) is 11.8 Å². The van der Waals surface area contributed by atoms with Gasteiger partial charge in [-0.2, -0.15) is 4.90 Å². The van der Waals surface area contributed by atoms with Crippen LogP contribution in [0.15, 0.2) is 40.9 Å². The highest BCUT2D eigenvalue weighted by Gasteiger charge is 2.04. The molecular weight excluding hydrogens is 266 g/mol. The predicted molar refractivity (Wildman–Crippen MR) is 83.1 cm³/mol. The maximum absolute atomic E-state index is 9.12. The van der Waals surface area contributed by atoms with E-state index < -0.39 is 12.2 Å². The molecule has 0 aromatic carbocycles. The van der Waals surface area contributed by atoms with Gasteiger partial charge in [-0.3, -0.25) is 0 Å². The van der Waals surface area contributed by atoms with Gasteiger partial charge in [0.05, 0.1) is 12.2 Å². The summed E-state index contributed by atoms with van der Waals surface area (Å²) >= 11 is 0. The van der Waals surface area contributed by atoms with Gasteiger partial charge in [-0.15, -0.1) is 0 Å². The standard InChI is InChI=1S/C17H19NO3/c1-14(19)8-4-6-12-18(13-7-5-9-15(2)20)17-11-10-16(3)21-17/h4-5,8-11,14-15,19-20H,1-3H3. The summed E-state index contributed by atoms with van der Waals surface area (Å²) in [6.45, 7) is 5.13. The van der Waals surface area contributed by atoms with Crippen molar-refractivity contribution in [3.63, 3.8) is 0 Å². The van der Waals surface area contributed by atoms with Gasteiger partial charge in [0, 0.05) is 18.2 Å². The summed E-state index contributed by atoms with van der Waals surface area (Å²) in [7, 11) is 0. The maximum atomic E-state index is 9.12. The fourth-order valence-electron chi connectivity index (χ4n) is 1.26. The SMILES string of the molecule is Cc1ccc(N(C#CC=CC(C)O)C#CC=CC(C)O)o1. The molecule has 1 heterocycles. The molecule has 0 fully saturated rings. The molecule has 4 nitrogen and oxygen atoms in total. The predicted octanol–water partition coefficient (Wildman–Crippen LogP) is 2.19. The van der Waals surface area contributed by atoms with Gasteiger partial charge in [0.1, 0.15) is 5.76 Å². The highest BCUT2D eigenvalue weighted by molar-refractivity contribution is 5.52. The Bertz CT molecular complexity index is 580. The molecule has 2 unspecified atom stereocenters. The van der Waals surface area contributed by atoms with Crippen molar-refractivity contribution in [3.05, 3.63) is 42.2 Å². The lowest BCUT2D eigenvalue weighted by Gasteiger charge is -2.03. The topological polar surface area (TPSA) is 56.8 Å². The molecule has 0 radical (unpaired) electrons. The Kier molecular flexibility index (Phi) is 6.91. The van der Waals surface area contributed by atoms with E-state index in [1.807, 2.05) is 13.0 Å². The third kappa shape index (κ3) is 7.08. The third-order valence-corrected chi connectivity index (χ3v) is 2.22. The second-order valence-corrected chi connectivity index (χ2v) is 4.43. The number of rotatable bonds is 3. The van der Waals surface area contributed by atoms with Gasteiger partial charge in [0.2, 0.25) is 5.88 Å². The number of hydrogen-bond acceptors (Lipinski definition) is 4. The van der Waals surface area contributed by atoms with Crippen molar-refractivity contribution < 1.29 is 14.6 Å². The molecule has 0 aliphatic carbocycles. The van der Waals surface area contributed by atoms with Crippen molar-refractivity contribution in [3.8, 4) is 23.9 Å². The van der Waals surface area contributed by atoms with Gasteiger partial charge in [-0.25, -0.2) is 0 Å². The minimum absolute atomic E-state index is 0.517. The first-order chi connectivity index (χ1) is 9.99. The number of aliphatic hydroxyl groups is 2. The molecule has 1 aromatic heterocycles. The number of furan rings is 1. The average molecular weight is 285 g/mol. The molecule has 0 saturated heterocycles. The molecule has 4 heteroatoms. The van der Waals surface area contributed by atoms with Crippen LogP contribution in [0.5, 0.6) is 0 Å². The molecule has 1 aromatic rings. The Labute approximate surface area is 125 Å². The smallest absolute Gasteiger partial charge is 0.219 e. The van der Waals surface area contributed by atoms with E-state index in [1.165, 1.54) is 4.90 Å². The van der Waals surface area contributed by atoms with Crippen LogP contribution in [-0.4, -0.2) is 22.4 Å². The second-order valence-electron chi connectivity index (χ2n) is 4.43. The molecule has 0 saturated carbocycles. The van der Waals surface area contributed by atoms with Crippen molar-refractivity contribution in [2.45, 2.75) is 33.0 Å². The zero-order valence-electron chi connectivity index (χ0n) is 12.4. The number of hydrogen-bond donors (Lipinski definition) is 2. The highest BCUT2D eigenvalue weighted by atomic mass is 16.4. The van der Waals surface area contributed by atoms with Gasteiger partial charge >= 0.3 is 0 Å². The zero-order valence-corrected chi connectivity index (χ0v) is 12.4. The maximum Gasteiger partial charge on any atom is 0.219 e. The van der Waals surface area contributed by atoms with E-state index >= 15 is 0 Å². The Morgan fingerprint density at radius 1 is 1.05 bits per heavy atom. The van der Waals surface area contributed by atoms with E-state index in [0.29, 0.717) is 5.88 Å². The lowest BCUT2D eigenvalue weighted by Crippen LogP contribution is -2.07. The molecule has 0 spiro atoms. The monoisotopic (exact) mass is 285 g/mol. The van der Waals surface area contributed by atoms with Crippen LogP contribution in [0.4, 0.5) is 5.88 Å². The molecule has 0 bridgehead atoms. The van der Waals surface area contributed by atoms with Crippen molar-refractivity contribution in [2.75, 3.05) is 4.90 Å². The third-order valence-electron chi connectivity index (χ3n) is 2.22. The minimum Gasteiger partial charge on any atom is -0.444 e. The summed E-state index contributed by atoms with van der Waals surface area (Å²) in [5.41, 5.74) is 0. The van der Waals surface area contributed by atoms with Crippen molar-refractivity contribution in [2.24, 2.45) is 0 Å². The van der Waals surface area contributed by atoms with Gasteiger partial charge in [-0.05, 0) is 51.1 Å². The number of anilines is 1. The lowest BCUT2D eigenvalue weighted by atomic mass is 10.3. The fourth-order valence-corrected chi connectivity index (χ4v) is 1.26. The number of aryl methyl sites for hydroxylation is 1. The largest absolute Gasteiger partial charge is 0.444 e. The van der Waals surface area contributed by atoms with Crippen LogP contribution in [0.3, 0.4) is 0 Å². The summed E-state index contributed by atoms with van der Waals surface area (Å²) in [4.78, 5) is 1.45. The zero-order chi connectivity index (χ0) is 15.7. The fraction of sp³-hybridized carbons (Fsp3) is 0.294. The molecule has 2 N–H and O–H groups in total. The lowest BCUT2D eigenvalue weighted by molar-refractivity contribution is 0.244. The average Bonchev–Trinajstić information content (AvgIpc) is 2.82. The minimum atomic E-state index is -0.543. The first kappa shape index (κ1) is 16.7. The number of nitrogens with zero attached hydrogens (tertiary/aromatic N) is 1. The van der Waals surface area contributed by atoms with Crippen LogP contribution in [-0.2, 0) is 0 Å². The van der Waals surface area contributed by atoms with Gasteiger partial charge in [0.15, 0.2) is 0 Å². The van der Waals surface area contributed by atoms with E-state index in [-0.39, 0.29) is 0 Å². The summed E-state index contributed by atoms with van der Waals surface area (Å²) in [5.74, 6) is 6.83. The van der Waals surface area contributed by atoms with E-state index in [0.717, 1.165) is 5.76 Å². The van der Waals surface area contributed by atoms with Crippen LogP contribution < -0.4 is 4.90 Å². The Hall–Kier alpha value is -2.40. The van der Waals surface area contributed by atoms with Crippen molar-refractivity contribution in [1.29, 1.82) is 0 Å². The second kappa shape index (κ2) is 8.71. The first-order valence-corrected chi connectivity index (χ1v) is 6.57. The highest BCUT2D eigenvalue weighted by Crippen LogP contribution is 2.16. The van der Waals surface area contributed by atoms with E-state index in [4.69, 9.17) is 14.6 Å². The van der Waals surface area contributed by atoms with Crippen LogP contribution in [0.2, 0.25) is 0 Å². The summed E-state index contributed by atoms with van der Waals surface area (Å²) in [6, 6.07) is 9.22. The van der Waals surface area contributed by atoms with E-state index in [2.05, 4.69) is 23.9 Å². The van der Waals surface area contributed by atoms with Gasteiger partial charge < -0.3 is 14.6 Å². The molecular formula is C17H19NO3. The molecule has 0 aliphatic heterocycles. The quantitative estimate of drug-likeness (QED) is 0.660. The summed E-state index contributed by atoms with van der Waals surface area (Å²) in [6.07, 6.45) is 5.16. The first-order valence-electron chi connectivity index (χ1n) is 6.57. The van der Waals surface area contributed by atoms with Crippen LogP contribution in [0, 0.1) is 30.9 Å². The van der Waals surface area contributed by atoms with E-state index in [9.17, 15) is 0 Å². The summed E-state index contributed by atoms with van der Waals surface area (Å²) < 4.78 is 5.48. The number of aliphatic hydroxyl groups excluding tert-OH is 2. The van der Waals surface area contributed by atoms with Gasteiger partial charge in [0.25, 0.3) is 0 Å². The van der Waals surface area contributed by atoms with Crippen LogP contribution in [0.25, 0.3) is 0 Å². The van der Waals surface area contributed by atoms with Crippen LogP contribution >= 0.6 is 0 Å². The molecule has 21 heavy (non-hydrogen) atoms. The number of allylic oxidation sites excluding steroid dienone is 2. The Morgan fingerprint density at radius 2 is 1.57 bits per heavy atom. The molecule has 1 rings (SSSR count). The Morgan fingerprint density at radius 3 is 1.95 bits per heavy atom. The van der Waals surface area contributed by atoms with Crippen molar-refractivity contribution in [1.82, 2.24) is 0 Å². The molecule has 2 atom stereocenters. The summed E-state index contributed by atoms with van der Waals surface area (Å²) in [5, 5.41) is 18.2. The van der Waals surface area contributed by atoms with Crippen molar-refractivity contribution >= 4 is 5.88 Å². The molecule has 0 aliphatic rings. The molecule has 110 valence electrons. The van der Waals surface area contributed by atoms with E-state index in [1.54, 1.807) is 44.2 Å². The Balaban J connectivity index is 2.90. The molecule has 0 amide bonds. The normalized spacial score (nSPS) is 13.4. The van der Waals surface area contributed by atoms with Crippen LogP contribution in [0.1, 0.15) is 19.6 Å².